The van der Waals surface area contributed by atoms with Gasteiger partial charge in [-0.25, -0.2) is 14.8 Å². The molecule has 5 rings (SSSR count). The largest absolute Gasteiger partial charge is 0.442 e. The quantitative estimate of drug-likeness (QED) is 0.507. The molecule has 1 unspecified atom stereocenters. The first-order valence-corrected chi connectivity index (χ1v) is 16.1. The molecule has 9 nitrogen and oxygen atoms in total. The van der Waals surface area contributed by atoms with Crippen LogP contribution in [-0.4, -0.2) is 98.3 Å². The van der Waals surface area contributed by atoms with Gasteiger partial charge in [0.15, 0.2) is 0 Å². The lowest BCUT2D eigenvalue weighted by atomic mass is 9.74. The van der Waals surface area contributed by atoms with Crippen molar-refractivity contribution < 1.29 is 19.4 Å². The highest BCUT2D eigenvalue weighted by atomic mass is 16.6. The zero-order chi connectivity index (χ0) is 29.2. The number of aliphatic hydroxyl groups excluding tert-OH is 1. The summed E-state index contributed by atoms with van der Waals surface area (Å²) in [4.78, 5) is 41.7. The van der Waals surface area contributed by atoms with E-state index in [9.17, 15) is 14.7 Å². The zero-order valence-corrected chi connectivity index (χ0v) is 25.7. The van der Waals surface area contributed by atoms with E-state index in [4.69, 9.17) is 4.74 Å². The lowest BCUT2D eigenvalue weighted by molar-refractivity contribution is -0.134. The van der Waals surface area contributed by atoms with Gasteiger partial charge in [-0.3, -0.25) is 9.69 Å². The normalized spacial score (nSPS) is 28.5. The van der Waals surface area contributed by atoms with Gasteiger partial charge >= 0.3 is 6.09 Å². The molecule has 1 spiro atoms. The van der Waals surface area contributed by atoms with Crippen LogP contribution in [0.5, 0.6) is 0 Å². The van der Waals surface area contributed by atoms with Gasteiger partial charge in [0.25, 0.3) is 5.91 Å². The van der Waals surface area contributed by atoms with Crippen molar-refractivity contribution in [2.24, 2.45) is 11.8 Å². The summed E-state index contributed by atoms with van der Waals surface area (Å²) in [5.41, 5.74) is 1.80. The van der Waals surface area contributed by atoms with Crippen molar-refractivity contribution in [2.45, 2.75) is 116 Å². The highest BCUT2D eigenvalue weighted by Gasteiger charge is 2.51. The molecule has 0 radical (unpaired) electrons. The van der Waals surface area contributed by atoms with Crippen LogP contribution < -0.4 is 0 Å². The number of aryl methyl sites for hydroxylation is 2. The van der Waals surface area contributed by atoms with Crippen LogP contribution in [0.4, 0.5) is 4.79 Å². The molecule has 0 aromatic carbocycles. The molecule has 3 aliphatic heterocycles. The molecular weight excluding hydrogens is 518 g/mol. The molecule has 4 heterocycles. The summed E-state index contributed by atoms with van der Waals surface area (Å²) in [6, 6.07) is 0. The number of carbonyl (C=O) groups is 2. The van der Waals surface area contributed by atoms with Crippen LogP contribution in [0.1, 0.15) is 106 Å². The average Bonchev–Trinajstić information content (AvgIpc) is 2.95. The Balaban J connectivity index is 1.19. The monoisotopic (exact) mass is 569 g/mol. The molecule has 1 saturated carbocycles. The van der Waals surface area contributed by atoms with Gasteiger partial charge < -0.3 is 19.6 Å². The molecule has 1 N–H and O–H groups in total. The number of likely N-dealkylation sites (tertiary alicyclic amines) is 2. The summed E-state index contributed by atoms with van der Waals surface area (Å²) >= 11 is 0. The Morgan fingerprint density at radius 1 is 1.02 bits per heavy atom. The van der Waals surface area contributed by atoms with Gasteiger partial charge in [0.05, 0.1) is 23.1 Å². The minimum Gasteiger partial charge on any atom is -0.442 e. The highest BCUT2D eigenvalue weighted by Crippen LogP contribution is 2.43. The van der Waals surface area contributed by atoms with Crippen molar-refractivity contribution in [3.8, 4) is 0 Å². The number of aromatic nitrogens is 2. The van der Waals surface area contributed by atoms with Crippen molar-refractivity contribution in [1.82, 2.24) is 24.7 Å². The maximum atomic E-state index is 13.3. The molecule has 4 fully saturated rings. The molecule has 1 aliphatic carbocycles. The summed E-state index contributed by atoms with van der Waals surface area (Å²) in [6.45, 7) is 13.2. The lowest BCUT2D eigenvalue weighted by Crippen LogP contribution is -2.64. The molecule has 2 amide bonds. The standard InChI is InChI=1S/C32H51N5O4/c1-5-6-7-26-21-36(20-25-8-10-27(38)11-9-25)30(40)41-32(26)14-18-37(19-15-32)31(4)12-16-35(17-13-31)29(39)28-23(2)33-22-34-24(28)3/h22,25-27,38H,5-21H2,1-4H3. The molecule has 9 heteroatoms. The SMILES string of the molecule is CCCCC1CN(CC2CCC(O)CC2)C(=O)OC12CCN(C1(C)CCN(C(=O)c3c(C)ncnc3C)CC1)CC2. The molecule has 41 heavy (non-hydrogen) atoms. The number of rotatable bonds is 7. The number of nitrogens with zero attached hydrogens (tertiary/aromatic N) is 5. The number of unbranched alkanes of at least 4 members (excludes halogenated alkanes) is 1. The van der Waals surface area contributed by atoms with Crippen molar-refractivity contribution in [3.05, 3.63) is 23.3 Å². The minimum atomic E-state index is -0.364. The maximum absolute atomic E-state index is 13.3. The van der Waals surface area contributed by atoms with E-state index in [1.165, 1.54) is 6.33 Å². The Hall–Kier alpha value is -2.26. The number of aliphatic hydroxyl groups is 1. The third-order valence-corrected chi connectivity index (χ3v) is 10.9. The first-order valence-electron chi connectivity index (χ1n) is 16.1. The molecule has 1 aromatic heterocycles. The van der Waals surface area contributed by atoms with Gasteiger partial charge in [-0.05, 0) is 71.6 Å². The van der Waals surface area contributed by atoms with Crippen LogP contribution >= 0.6 is 0 Å². The van der Waals surface area contributed by atoms with Gasteiger partial charge in [0, 0.05) is 63.6 Å². The second-order valence-corrected chi connectivity index (χ2v) is 13.5. The van der Waals surface area contributed by atoms with E-state index >= 15 is 0 Å². The van der Waals surface area contributed by atoms with E-state index in [0.717, 1.165) is 121 Å². The molecule has 3 saturated heterocycles. The molecular formula is C32H51N5O4. The Kier molecular flexibility index (Phi) is 9.24. The number of piperidine rings is 2. The number of ether oxygens (including phenoxy) is 1. The molecule has 4 aliphatic rings. The van der Waals surface area contributed by atoms with Crippen LogP contribution in [0.2, 0.25) is 0 Å². The van der Waals surface area contributed by atoms with Crippen LogP contribution in [0.15, 0.2) is 6.33 Å². The van der Waals surface area contributed by atoms with Gasteiger partial charge in [0.1, 0.15) is 11.9 Å². The van der Waals surface area contributed by atoms with E-state index < -0.39 is 0 Å². The Bertz CT molecular complexity index is 1050. The third-order valence-electron chi connectivity index (χ3n) is 10.9. The number of carbonyl (C=O) groups excluding carboxylic acids is 2. The van der Waals surface area contributed by atoms with Crippen molar-refractivity contribution in [1.29, 1.82) is 0 Å². The van der Waals surface area contributed by atoms with E-state index in [0.29, 0.717) is 17.4 Å². The van der Waals surface area contributed by atoms with Crippen LogP contribution in [0, 0.1) is 25.7 Å². The lowest BCUT2D eigenvalue weighted by Gasteiger charge is -2.55. The smallest absolute Gasteiger partial charge is 0.410 e. The third kappa shape index (κ3) is 6.41. The summed E-state index contributed by atoms with van der Waals surface area (Å²) in [7, 11) is 0. The van der Waals surface area contributed by atoms with E-state index in [2.05, 4.69) is 28.7 Å². The fraction of sp³-hybridized carbons (Fsp3) is 0.812. The second-order valence-electron chi connectivity index (χ2n) is 13.5. The minimum absolute atomic E-state index is 0.0326. The van der Waals surface area contributed by atoms with Crippen molar-refractivity contribution in [3.63, 3.8) is 0 Å². The van der Waals surface area contributed by atoms with Gasteiger partial charge in [-0.15, -0.1) is 0 Å². The topological polar surface area (TPSA) is 99.1 Å². The first-order chi connectivity index (χ1) is 19.6. The molecule has 0 bridgehead atoms. The van der Waals surface area contributed by atoms with Crippen LogP contribution in [-0.2, 0) is 4.74 Å². The molecule has 228 valence electrons. The first kappa shape index (κ1) is 30.2. The number of hydrogen-bond acceptors (Lipinski definition) is 7. The fourth-order valence-electron chi connectivity index (χ4n) is 7.93. The predicted octanol–water partition coefficient (Wildman–Crippen LogP) is 4.73. The Morgan fingerprint density at radius 3 is 2.27 bits per heavy atom. The fourth-order valence-corrected chi connectivity index (χ4v) is 7.93. The average molecular weight is 570 g/mol. The summed E-state index contributed by atoms with van der Waals surface area (Å²) in [5.74, 6) is 0.874. The molecule has 1 aromatic rings. The van der Waals surface area contributed by atoms with E-state index in [1.54, 1.807) is 0 Å². The number of hydrogen-bond donors (Lipinski definition) is 1. The highest BCUT2D eigenvalue weighted by molar-refractivity contribution is 5.96. The Morgan fingerprint density at radius 2 is 1.66 bits per heavy atom. The van der Waals surface area contributed by atoms with Crippen LogP contribution in [0.25, 0.3) is 0 Å². The van der Waals surface area contributed by atoms with Gasteiger partial charge in [0.2, 0.25) is 0 Å². The summed E-state index contributed by atoms with van der Waals surface area (Å²) in [5, 5.41) is 9.90. The van der Waals surface area contributed by atoms with Gasteiger partial charge in [-0.1, -0.05) is 19.8 Å². The maximum Gasteiger partial charge on any atom is 0.410 e. The van der Waals surface area contributed by atoms with Crippen molar-refractivity contribution >= 4 is 12.0 Å². The van der Waals surface area contributed by atoms with Gasteiger partial charge in [-0.2, -0.15) is 0 Å². The molecule has 1 atom stereocenters. The second kappa shape index (κ2) is 12.5. The van der Waals surface area contributed by atoms with E-state index in [-0.39, 0.29) is 29.2 Å². The van der Waals surface area contributed by atoms with Crippen molar-refractivity contribution in [2.75, 3.05) is 39.3 Å². The Labute approximate surface area is 246 Å². The summed E-state index contributed by atoms with van der Waals surface area (Å²) in [6.07, 6.45) is 11.9. The number of amides is 2. The van der Waals surface area contributed by atoms with E-state index in [1.807, 2.05) is 23.6 Å². The zero-order valence-electron chi connectivity index (χ0n) is 25.7. The van der Waals surface area contributed by atoms with Crippen LogP contribution in [0.3, 0.4) is 0 Å². The summed E-state index contributed by atoms with van der Waals surface area (Å²) < 4.78 is 6.43. The predicted molar refractivity (Wildman–Crippen MR) is 158 cm³/mol.